The van der Waals surface area contributed by atoms with E-state index in [2.05, 4.69) is 16.1 Å². The molecule has 7 nitrogen and oxygen atoms in total. The van der Waals surface area contributed by atoms with Crippen LogP contribution in [0, 0.1) is 23.2 Å². The normalized spacial score (nSPS) is 34.2. The van der Waals surface area contributed by atoms with Gasteiger partial charge < -0.3 is 10.2 Å². The topological polar surface area (TPSA) is 102 Å². The third-order valence-electron chi connectivity index (χ3n) is 8.24. The first-order valence-electron chi connectivity index (χ1n) is 12.1. The zero-order valence-electron chi connectivity index (χ0n) is 19.3. The van der Waals surface area contributed by atoms with Crippen molar-refractivity contribution in [2.45, 2.75) is 79.6 Å². The first-order valence-corrected chi connectivity index (χ1v) is 13.6. The van der Waals surface area contributed by atoms with E-state index >= 15 is 0 Å². The highest BCUT2D eigenvalue weighted by molar-refractivity contribution is 7.89. The van der Waals surface area contributed by atoms with Gasteiger partial charge in [-0.05, 0) is 87.5 Å². The zero-order valence-corrected chi connectivity index (χ0v) is 20.1. The number of amides is 1. The Balaban J connectivity index is 1.31. The Morgan fingerprint density at radius 1 is 1.11 bits per heavy atom. The Kier molecular flexibility index (Phi) is 5.93. The van der Waals surface area contributed by atoms with E-state index < -0.39 is 27.3 Å². The van der Waals surface area contributed by atoms with Crippen molar-refractivity contribution < 1.29 is 26.4 Å². The van der Waals surface area contributed by atoms with Crippen LogP contribution in [0.4, 0.5) is 13.2 Å². The maximum absolute atomic E-state index is 13.2. The van der Waals surface area contributed by atoms with Gasteiger partial charge in [-0.3, -0.25) is 4.79 Å². The van der Waals surface area contributed by atoms with Gasteiger partial charge in [0.05, 0.1) is 23.1 Å². The maximum Gasteiger partial charge on any atom is 0.416 e. The number of halogens is 3. The van der Waals surface area contributed by atoms with Crippen LogP contribution in [0.25, 0.3) is 0 Å². The molecule has 35 heavy (non-hydrogen) atoms. The van der Waals surface area contributed by atoms with Crippen LogP contribution in [0.2, 0.25) is 0 Å². The lowest BCUT2D eigenvalue weighted by Crippen LogP contribution is -2.69. The van der Waals surface area contributed by atoms with E-state index in [-0.39, 0.29) is 28.9 Å². The Bertz CT molecular complexity index is 1130. The van der Waals surface area contributed by atoms with Gasteiger partial charge >= 0.3 is 6.18 Å². The van der Waals surface area contributed by atoms with E-state index in [0.29, 0.717) is 44.1 Å². The van der Waals surface area contributed by atoms with Gasteiger partial charge in [0, 0.05) is 17.6 Å². The minimum atomic E-state index is -4.53. The van der Waals surface area contributed by atoms with Crippen molar-refractivity contribution in [3.63, 3.8) is 0 Å². The van der Waals surface area contributed by atoms with Gasteiger partial charge in [0.15, 0.2) is 0 Å². The number of nitrogens with one attached hydrogen (secondary N) is 2. The zero-order chi connectivity index (χ0) is 25.1. The summed E-state index contributed by atoms with van der Waals surface area (Å²) in [5, 5.41) is 12.8. The van der Waals surface area contributed by atoms with E-state index in [1.54, 1.807) is 4.90 Å². The van der Waals surface area contributed by atoms with E-state index in [1.165, 1.54) is 0 Å². The van der Waals surface area contributed by atoms with E-state index in [4.69, 9.17) is 0 Å². The van der Waals surface area contributed by atoms with Crippen LogP contribution in [-0.2, 0) is 21.0 Å². The van der Waals surface area contributed by atoms with Crippen molar-refractivity contribution in [3.05, 3.63) is 29.8 Å². The second-order valence-electron chi connectivity index (χ2n) is 10.9. The molecule has 1 aromatic carbocycles. The van der Waals surface area contributed by atoms with Crippen LogP contribution in [0.1, 0.15) is 56.9 Å². The molecule has 6 rings (SSSR count). The number of nitriles is 1. The van der Waals surface area contributed by atoms with E-state index in [9.17, 15) is 31.6 Å². The standard InChI is InChI=1S/C24H29F3N4O3S/c25-24(26,27)18-3-5-20(6-4-18)35(33,34)30-23-11-16-8-17(12-23)10-22(9-16,15-23)29-14-21(32)31-7-1-2-19(31)13-28/h3-6,16-17,19,29-30H,1-2,7-12,14-15H2/t16?,17?,19-,22?,23?/m1/s1. The van der Waals surface area contributed by atoms with Gasteiger partial charge in [-0.15, -0.1) is 0 Å². The lowest BCUT2D eigenvalue weighted by molar-refractivity contribution is -0.137. The Morgan fingerprint density at radius 3 is 2.34 bits per heavy atom. The van der Waals surface area contributed by atoms with Gasteiger partial charge in [0.25, 0.3) is 0 Å². The Hall–Kier alpha value is -2.16. The minimum Gasteiger partial charge on any atom is -0.326 e. The van der Waals surface area contributed by atoms with Crippen molar-refractivity contribution >= 4 is 15.9 Å². The summed E-state index contributed by atoms with van der Waals surface area (Å²) >= 11 is 0. The predicted molar refractivity (Wildman–Crippen MR) is 120 cm³/mol. The van der Waals surface area contributed by atoms with E-state index in [1.807, 2.05) is 0 Å². The fourth-order valence-corrected chi connectivity index (χ4v) is 8.74. The van der Waals surface area contributed by atoms with Crippen LogP contribution in [0.3, 0.4) is 0 Å². The van der Waals surface area contributed by atoms with Gasteiger partial charge in [-0.1, -0.05) is 0 Å². The summed E-state index contributed by atoms with van der Waals surface area (Å²) in [7, 11) is -4.02. The molecule has 0 spiro atoms. The quantitative estimate of drug-likeness (QED) is 0.612. The monoisotopic (exact) mass is 510 g/mol. The van der Waals surface area contributed by atoms with Crippen LogP contribution in [-0.4, -0.2) is 49.4 Å². The molecule has 1 saturated heterocycles. The molecule has 5 aliphatic rings. The molecule has 1 amide bonds. The molecule has 11 heteroatoms. The van der Waals surface area contributed by atoms with Gasteiger partial charge in [-0.25, -0.2) is 13.1 Å². The van der Waals surface area contributed by atoms with Crippen molar-refractivity contribution in [3.8, 4) is 6.07 Å². The number of benzene rings is 1. The molecule has 1 heterocycles. The van der Waals surface area contributed by atoms with Crippen molar-refractivity contribution in [2.24, 2.45) is 11.8 Å². The highest BCUT2D eigenvalue weighted by Crippen LogP contribution is 2.57. The second-order valence-corrected chi connectivity index (χ2v) is 12.6. The Labute approximate surface area is 203 Å². The molecular formula is C24H29F3N4O3S. The maximum atomic E-state index is 13.2. The van der Waals surface area contributed by atoms with Crippen LogP contribution in [0.5, 0.6) is 0 Å². The average Bonchev–Trinajstić information content (AvgIpc) is 3.24. The first-order chi connectivity index (χ1) is 16.4. The van der Waals surface area contributed by atoms with Gasteiger partial charge in [0.2, 0.25) is 15.9 Å². The lowest BCUT2D eigenvalue weighted by atomic mass is 9.50. The Morgan fingerprint density at radius 2 is 1.74 bits per heavy atom. The number of likely N-dealkylation sites (tertiary alicyclic amines) is 1. The molecule has 4 bridgehead atoms. The molecular weight excluding hydrogens is 481 g/mol. The average molecular weight is 511 g/mol. The molecule has 1 aliphatic heterocycles. The smallest absolute Gasteiger partial charge is 0.326 e. The van der Waals surface area contributed by atoms with Crippen LogP contribution < -0.4 is 10.0 Å². The van der Waals surface area contributed by atoms with Crippen molar-refractivity contribution in [1.29, 1.82) is 5.26 Å². The third-order valence-corrected chi connectivity index (χ3v) is 9.84. The molecule has 1 aromatic rings. The van der Waals surface area contributed by atoms with Crippen LogP contribution >= 0.6 is 0 Å². The lowest BCUT2D eigenvalue weighted by Gasteiger charge is -2.62. The van der Waals surface area contributed by atoms with Crippen LogP contribution in [0.15, 0.2) is 29.2 Å². The summed E-state index contributed by atoms with van der Waals surface area (Å²) < 4.78 is 67.9. The second kappa shape index (κ2) is 8.46. The highest BCUT2D eigenvalue weighted by atomic mass is 32.2. The molecule has 2 N–H and O–H groups in total. The largest absolute Gasteiger partial charge is 0.416 e. The minimum absolute atomic E-state index is 0.107. The molecule has 3 atom stereocenters. The number of nitrogens with zero attached hydrogens (tertiary/aromatic N) is 2. The number of carbonyl (C=O) groups excluding carboxylic acids is 1. The third kappa shape index (κ3) is 4.68. The number of alkyl halides is 3. The number of sulfonamides is 1. The summed E-state index contributed by atoms with van der Waals surface area (Å²) in [5.41, 5.74) is -1.95. The summed E-state index contributed by atoms with van der Waals surface area (Å²) in [6, 6.07) is 5.37. The number of rotatable bonds is 6. The summed E-state index contributed by atoms with van der Waals surface area (Å²) in [6.45, 7) is 0.688. The van der Waals surface area contributed by atoms with Crippen molar-refractivity contribution in [1.82, 2.24) is 14.9 Å². The first kappa shape index (κ1) is 24.5. The van der Waals surface area contributed by atoms with Gasteiger partial charge in [-0.2, -0.15) is 18.4 Å². The SMILES string of the molecule is N#C[C@H]1CCCN1C(=O)CNC12CC3CC(C1)CC(NS(=O)(=O)c1ccc(C(F)(F)F)cc1)(C3)C2. The summed E-state index contributed by atoms with van der Waals surface area (Å²) in [5.74, 6) is 0.518. The van der Waals surface area contributed by atoms with Crippen molar-refractivity contribution in [2.75, 3.05) is 13.1 Å². The number of hydrogen-bond acceptors (Lipinski definition) is 5. The van der Waals surface area contributed by atoms with Gasteiger partial charge in [0.1, 0.15) is 6.04 Å². The molecule has 4 saturated carbocycles. The molecule has 2 unspecified atom stereocenters. The fraction of sp³-hybridized carbons (Fsp3) is 0.667. The predicted octanol–water partition coefficient (Wildman–Crippen LogP) is 3.18. The molecule has 0 radical (unpaired) electrons. The highest BCUT2D eigenvalue weighted by Gasteiger charge is 2.58. The summed E-state index contributed by atoms with van der Waals surface area (Å²) in [4.78, 5) is 14.3. The summed E-state index contributed by atoms with van der Waals surface area (Å²) in [6.07, 6.45) is 1.61. The number of carbonyl (C=O) groups is 1. The fourth-order valence-electron chi connectivity index (χ4n) is 7.32. The molecule has 190 valence electrons. The van der Waals surface area contributed by atoms with E-state index in [0.717, 1.165) is 49.9 Å². The number of hydrogen-bond donors (Lipinski definition) is 2. The molecule has 0 aromatic heterocycles. The molecule has 5 fully saturated rings. The molecule has 4 aliphatic carbocycles.